The summed E-state index contributed by atoms with van der Waals surface area (Å²) < 4.78 is 20.8. The molecule has 0 unspecified atom stereocenters. The maximum Gasteiger partial charge on any atom is 0.326 e. The van der Waals surface area contributed by atoms with Gasteiger partial charge in [0.05, 0.1) is 39.6 Å². The van der Waals surface area contributed by atoms with Crippen LogP contribution >= 0.6 is 0 Å². The summed E-state index contributed by atoms with van der Waals surface area (Å²) in [5.74, 6) is -2.34. The number of rotatable bonds is 22. The molecule has 0 radical (unpaired) electrons. The van der Waals surface area contributed by atoms with Gasteiger partial charge in [0.25, 0.3) is 0 Å². The van der Waals surface area contributed by atoms with Gasteiger partial charge in [0.2, 0.25) is 17.7 Å². The number of aliphatic carboxylic acids is 1. The van der Waals surface area contributed by atoms with Gasteiger partial charge in [0.1, 0.15) is 19.3 Å². The Labute approximate surface area is 222 Å². The van der Waals surface area contributed by atoms with Crippen LogP contribution in [0.15, 0.2) is 0 Å². The second-order valence-corrected chi connectivity index (χ2v) is 8.69. The molecule has 0 aromatic heterocycles. The number of ketones is 1. The van der Waals surface area contributed by atoms with E-state index in [1.54, 1.807) is 0 Å². The highest BCUT2D eigenvalue weighted by Crippen LogP contribution is 2.12. The number of amides is 3. The summed E-state index contributed by atoms with van der Waals surface area (Å²) in [6.07, 6.45) is 1.28. The zero-order chi connectivity index (χ0) is 28.0. The van der Waals surface area contributed by atoms with Gasteiger partial charge >= 0.3 is 5.97 Å². The van der Waals surface area contributed by atoms with Crippen molar-refractivity contribution in [2.24, 2.45) is 5.92 Å². The molecular weight excluding hydrogens is 504 g/mol. The molecule has 38 heavy (non-hydrogen) atoms. The van der Waals surface area contributed by atoms with Crippen LogP contribution in [0.2, 0.25) is 0 Å². The van der Waals surface area contributed by atoms with Crippen molar-refractivity contribution in [1.82, 2.24) is 21.3 Å². The Balaban J connectivity index is 1.97. The molecule has 0 saturated carbocycles. The number of carboxylic acid groups (broad SMARTS) is 1. The van der Waals surface area contributed by atoms with Crippen molar-refractivity contribution in [2.75, 3.05) is 79.0 Å². The van der Waals surface area contributed by atoms with Gasteiger partial charge in [-0.25, -0.2) is 4.79 Å². The minimum absolute atomic E-state index is 0.00367. The SMILES string of the molecule is CC(=O)COCCOCCNC(=O)COCCOCCNC(=O)CC[C@H](NC(=O)C1CCNCC1)C(=O)O. The number of carboxylic acids is 1. The molecule has 1 heterocycles. The standard InChI is InChI=1S/C24H42N4O10/c1-18(29)16-37-14-12-36-11-9-27-22(31)17-38-15-13-35-10-8-26-21(30)3-2-20(24(33)34)28-23(32)19-4-6-25-7-5-19/h19-20,25H,2-17H2,1H3,(H,26,30)(H,27,31)(H,28,32)(H,33,34)/t20-/m0/s1. The molecule has 0 spiro atoms. The van der Waals surface area contributed by atoms with E-state index in [0.717, 1.165) is 13.1 Å². The Morgan fingerprint density at radius 2 is 1.37 bits per heavy atom. The molecule has 218 valence electrons. The quantitative estimate of drug-likeness (QED) is 0.0965. The molecule has 14 heteroatoms. The summed E-state index contributed by atoms with van der Waals surface area (Å²) in [6.45, 7) is 4.99. The van der Waals surface area contributed by atoms with Crippen LogP contribution in [-0.4, -0.2) is 120 Å². The van der Waals surface area contributed by atoms with Crippen LogP contribution in [0.1, 0.15) is 32.6 Å². The third-order valence-corrected chi connectivity index (χ3v) is 5.40. The van der Waals surface area contributed by atoms with E-state index >= 15 is 0 Å². The number of Topliss-reactive ketones (excluding diaryl/α,β-unsaturated/α-hetero) is 1. The molecule has 1 fully saturated rings. The smallest absolute Gasteiger partial charge is 0.326 e. The fraction of sp³-hybridized carbons (Fsp3) is 0.792. The molecule has 1 aliphatic rings. The van der Waals surface area contributed by atoms with Gasteiger partial charge in [-0.3, -0.25) is 19.2 Å². The Hall–Kier alpha value is -2.65. The van der Waals surface area contributed by atoms with Crippen LogP contribution in [0.3, 0.4) is 0 Å². The largest absolute Gasteiger partial charge is 0.480 e. The maximum absolute atomic E-state index is 12.3. The van der Waals surface area contributed by atoms with Gasteiger partial charge in [0, 0.05) is 25.4 Å². The zero-order valence-corrected chi connectivity index (χ0v) is 22.1. The van der Waals surface area contributed by atoms with Gasteiger partial charge in [-0.05, 0) is 39.3 Å². The first kappa shape index (κ1) is 33.4. The van der Waals surface area contributed by atoms with Gasteiger partial charge in [-0.2, -0.15) is 0 Å². The van der Waals surface area contributed by atoms with E-state index in [1.807, 2.05) is 0 Å². The first-order valence-corrected chi connectivity index (χ1v) is 12.9. The van der Waals surface area contributed by atoms with Crippen molar-refractivity contribution in [1.29, 1.82) is 0 Å². The Morgan fingerprint density at radius 3 is 1.95 bits per heavy atom. The molecule has 1 atom stereocenters. The van der Waals surface area contributed by atoms with E-state index in [1.165, 1.54) is 6.92 Å². The van der Waals surface area contributed by atoms with Crippen molar-refractivity contribution in [3.8, 4) is 0 Å². The van der Waals surface area contributed by atoms with Crippen LogP contribution in [0, 0.1) is 5.92 Å². The van der Waals surface area contributed by atoms with Gasteiger partial charge in [-0.15, -0.1) is 0 Å². The molecule has 1 aliphatic heterocycles. The molecule has 0 aliphatic carbocycles. The highest BCUT2D eigenvalue weighted by molar-refractivity contribution is 5.85. The number of piperidine rings is 1. The number of hydrogen-bond acceptors (Lipinski definition) is 10. The highest BCUT2D eigenvalue weighted by Gasteiger charge is 2.26. The summed E-state index contributed by atoms with van der Waals surface area (Å²) >= 11 is 0. The minimum Gasteiger partial charge on any atom is -0.480 e. The summed E-state index contributed by atoms with van der Waals surface area (Å²) in [5.41, 5.74) is 0. The maximum atomic E-state index is 12.3. The van der Waals surface area contributed by atoms with Crippen molar-refractivity contribution in [3.63, 3.8) is 0 Å². The molecule has 5 N–H and O–H groups in total. The Morgan fingerprint density at radius 1 is 0.816 bits per heavy atom. The predicted molar refractivity (Wildman–Crippen MR) is 134 cm³/mol. The lowest BCUT2D eigenvalue weighted by molar-refractivity contribution is -0.143. The molecule has 0 bridgehead atoms. The van der Waals surface area contributed by atoms with Crippen LogP contribution in [0.4, 0.5) is 0 Å². The number of carbonyl (C=O) groups excluding carboxylic acids is 4. The van der Waals surface area contributed by atoms with Gasteiger partial charge < -0.3 is 45.3 Å². The van der Waals surface area contributed by atoms with E-state index in [-0.39, 0.29) is 81.8 Å². The van der Waals surface area contributed by atoms with Crippen molar-refractivity contribution in [3.05, 3.63) is 0 Å². The summed E-state index contributed by atoms with van der Waals surface area (Å²) in [7, 11) is 0. The summed E-state index contributed by atoms with van der Waals surface area (Å²) in [6, 6.07) is -1.11. The molecule has 3 amide bonds. The lowest BCUT2D eigenvalue weighted by atomic mass is 9.96. The third kappa shape index (κ3) is 17.7. The van der Waals surface area contributed by atoms with Crippen LogP contribution in [0.5, 0.6) is 0 Å². The average molecular weight is 547 g/mol. The Kier molecular flexibility index (Phi) is 18.7. The third-order valence-electron chi connectivity index (χ3n) is 5.40. The van der Waals surface area contributed by atoms with Crippen molar-refractivity contribution in [2.45, 2.75) is 38.6 Å². The minimum atomic E-state index is -1.17. The number of carbonyl (C=O) groups is 5. The molecule has 0 aromatic carbocycles. The second kappa shape index (κ2) is 21.3. The fourth-order valence-electron chi connectivity index (χ4n) is 3.39. The number of nitrogens with one attached hydrogen (secondary N) is 4. The average Bonchev–Trinajstić information content (AvgIpc) is 2.89. The topological polar surface area (TPSA) is 191 Å². The lowest BCUT2D eigenvalue weighted by Crippen LogP contribution is -2.46. The fourth-order valence-corrected chi connectivity index (χ4v) is 3.39. The molecule has 1 rings (SSSR count). The Bertz CT molecular complexity index is 731. The number of hydrogen-bond donors (Lipinski definition) is 5. The zero-order valence-electron chi connectivity index (χ0n) is 22.1. The van der Waals surface area contributed by atoms with Gasteiger partial charge in [0.15, 0.2) is 5.78 Å². The van der Waals surface area contributed by atoms with E-state index in [2.05, 4.69) is 21.3 Å². The van der Waals surface area contributed by atoms with Crippen molar-refractivity contribution < 1.29 is 48.0 Å². The molecular formula is C24H42N4O10. The first-order chi connectivity index (χ1) is 18.3. The molecule has 0 aromatic rings. The molecule has 1 saturated heterocycles. The summed E-state index contributed by atoms with van der Waals surface area (Å²) in [5, 5.41) is 20.3. The van der Waals surface area contributed by atoms with Crippen LogP contribution in [0.25, 0.3) is 0 Å². The van der Waals surface area contributed by atoms with E-state index in [9.17, 15) is 29.1 Å². The molecule has 14 nitrogen and oxygen atoms in total. The highest BCUT2D eigenvalue weighted by atomic mass is 16.5. The van der Waals surface area contributed by atoms with Crippen molar-refractivity contribution >= 4 is 29.5 Å². The normalized spacial score (nSPS) is 14.4. The number of ether oxygens (including phenoxy) is 4. The predicted octanol–water partition coefficient (Wildman–Crippen LogP) is -1.78. The van der Waals surface area contributed by atoms with E-state index < -0.39 is 12.0 Å². The van der Waals surface area contributed by atoms with Gasteiger partial charge in [-0.1, -0.05) is 0 Å². The van der Waals surface area contributed by atoms with Crippen LogP contribution < -0.4 is 21.3 Å². The summed E-state index contributed by atoms with van der Waals surface area (Å²) in [4.78, 5) is 58.0. The van der Waals surface area contributed by atoms with E-state index in [0.29, 0.717) is 39.2 Å². The lowest BCUT2D eigenvalue weighted by Gasteiger charge is -2.23. The first-order valence-electron chi connectivity index (χ1n) is 12.9. The monoisotopic (exact) mass is 546 g/mol. The van der Waals surface area contributed by atoms with Crippen LogP contribution in [-0.2, 0) is 42.9 Å². The van der Waals surface area contributed by atoms with E-state index in [4.69, 9.17) is 18.9 Å². The second-order valence-electron chi connectivity index (χ2n) is 8.69.